The van der Waals surface area contributed by atoms with E-state index in [9.17, 15) is 18.5 Å². The third-order valence-corrected chi connectivity index (χ3v) is 9.21. The van der Waals surface area contributed by atoms with Gasteiger partial charge < -0.3 is 10.0 Å². The highest BCUT2D eigenvalue weighted by molar-refractivity contribution is 7.93. The van der Waals surface area contributed by atoms with Crippen LogP contribution in [0.2, 0.25) is 0 Å². The predicted molar refractivity (Wildman–Crippen MR) is 123 cm³/mol. The number of carbonyl (C=O) groups excluding carboxylic acids is 1. The van der Waals surface area contributed by atoms with Gasteiger partial charge in [0.15, 0.2) is 5.84 Å². The van der Waals surface area contributed by atoms with Gasteiger partial charge in [0.25, 0.3) is 5.91 Å². The zero-order valence-corrected chi connectivity index (χ0v) is 19.0. The molecular weight excluding hydrogens is 441 g/mol. The van der Waals surface area contributed by atoms with Gasteiger partial charge >= 0.3 is 0 Å². The van der Waals surface area contributed by atoms with E-state index >= 15 is 0 Å². The molecule has 2 saturated carbocycles. The Bertz CT molecular complexity index is 1360. The van der Waals surface area contributed by atoms with Gasteiger partial charge in [0.05, 0.1) is 20.3 Å². The molecule has 5 atom stereocenters. The Morgan fingerprint density at radius 2 is 1.85 bits per heavy atom. The van der Waals surface area contributed by atoms with E-state index < -0.39 is 9.73 Å². The second-order valence-electron chi connectivity index (χ2n) is 9.47. The van der Waals surface area contributed by atoms with Crippen LogP contribution < -0.4 is 0 Å². The molecule has 1 amide bonds. The fraction of sp³-hybridized carbons (Fsp3) is 0.360. The molecule has 6 rings (SSSR count). The van der Waals surface area contributed by atoms with Gasteiger partial charge in [-0.15, -0.1) is 0 Å². The third-order valence-electron chi connectivity index (χ3n) is 7.53. The van der Waals surface area contributed by atoms with Crippen molar-refractivity contribution in [3.63, 3.8) is 0 Å². The average Bonchev–Trinajstić information content (AvgIpc) is 3.40. The number of carbonyl (C=O) groups is 1. The van der Waals surface area contributed by atoms with Crippen molar-refractivity contribution in [3.05, 3.63) is 71.2 Å². The summed E-state index contributed by atoms with van der Waals surface area (Å²) >= 11 is 0. The lowest BCUT2D eigenvalue weighted by Gasteiger charge is -2.43. The number of benzene rings is 2. The van der Waals surface area contributed by atoms with Crippen molar-refractivity contribution in [3.8, 4) is 0 Å². The van der Waals surface area contributed by atoms with E-state index in [2.05, 4.69) is 9.36 Å². The van der Waals surface area contributed by atoms with Crippen LogP contribution in [0.3, 0.4) is 0 Å². The molecule has 0 saturated heterocycles. The highest BCUT2D eigenvalue weighted by atomic mass is 32.2. The monoisotopic (exact) mass is 465 g/mol. The second kappa shape index (κ2) is 7.25. The van der Waals surface area contributed by atoms with E-state index in [0.29, 0.717) is 29.0 Å². The molecule has 6 nitrogen and oxygen atoms in total. The molecule has 33 heavy (non-hydrogen) atoms. The molecule has 2 heterocycles. The van der Waals surface area contributed by atoms with Gasteiger partial charge in [0.1, 0.15) is 17.1 Å². The molecule has 8 heteroatoms. The number of rotatable bonds is 3. The predicted octanol–water partition coefficient (Wildman–Crippen LogP) is 4.60. The number of aliphatic hydroxyl groups is 1. The summed E-state index contributed by atoms with van der Waals surface area (Å²) in [6, 6.07) is 13.1. The number of nitrogens with zero attached hydrogens (tertiary/aromatic N) is 3. The molecule has 0 aromatic heterocycles. The molecule has 1 unspecified atom stereocenters. The minimum absolute atomic E-state index is 0.0321. The van der Waals surface area contributed by atoms with Crippen LogP contribution in [0, 0.1) is 23.6 Å². The fourth-order valence-corrected chi connectivity index (χ4v) is 7.54. The van der Waals surface area contributed by atoms with Gasteiger partial charge in [-0.1, -0.05) is 24.3 Å². The first-order chi connectivity index (χ1) is 15.8. The summed E-state index contributed by atoms with van der Waals surface area (Å²) in [5.41, 5.74) is 1.37. The summed E-state index contributed by atoms with van der Waals surface area (Å²) in [6.07, 6.45) is 4.54. The molecule has 0 spiro atoms. The van der Waals surface area contributed by atoms with Gasteiger partial charge in [-0.2, -0.15) is 4.36 Å². The minimum atomic E-state index is -2.81. The minimum Gasteiger partial charge on any atom is -0.511 e. The lowest BCUT2D eigenvalue weighted by atomic mass is 9.77. The topological polar surface area (TPSA) is 82.3 Å². The summed E-state index contributed by atoms with van der Waals surface area (Å²) < 4.78 is 31.2. The van der Waals surface area contributed by atoms with E-state index in [1.54, 1.807) is 41.3 Å². The maximum absolute atomic E-state index is 13.8. The molecule has 2 aliphatic carbocycles. The summed E-state index contributed by atoms with van der Waals surface area (Å²) in [4.78, 5) is 20.7. The standard InChI is InChI=1S/C25H24FN3O3S/c1-33(32)19-5-3-2-4-18(19)27-24(28-33)21-23(30)20-15-8-9-16(12-15)22(20)29(25(21)31)13-14-6-10-17(26)11-7-14/h2-7,10-11,15-16,20,22,30H,8-9,12-13H2,1H3/t15-,16+,20+,22-,33?/m0/s1. The molecule has 0 radical (unpaired) electrons. The summed E-state index contributed by atoms with van der Waals surface area (Å²) in [7, 11) is -2.81. The average molecular weight is 466 g/mol. The zero-order valence-electron chi connectivity index (χ0n) is 18.1. The molecule has 2 aromatic rings. The lowest BCUT2D eigenvalue weighted by molar-refractivity contribution is -0.134. The van der Waals surface area contributed by atoms with Crippen LogP contribution in [0.4, 0.5) is 10.1 Å². The van der Waals surface area contributed by atoms with Crippen LogP contribution in [0.5, 0.6) is 0 Å². The molecule has 2 aromatic carbocycles. The van der Waals surface area contributed by atoms with Crippen molar-refractivity contribution in [1.82, 2.24) is 4.90 Å². The van der Waals surface area contributed by atoms with Crippen molar-refractivity contribution in [2.45, 2.75) is 36.7 Å². The van der Waals surface area contributed by atoms with Crippen molar-refractivity contribution in [1.29, 1.82) is 0 Å². The van der Waals surface area contributed by atoms with Gasteiger partial charge in [-0.3, -0.25) is 4.79 Å². The highest BCUT2D eigenvalue weighted by Gasteiger charge is 2.57. The van der Waals surface area contributed by atoms with E-state index in [1.807, 2.05) is 0 Å². The maximum Gasteiger partial charge on any atom is 0.261 e. The first kappa shape index (κ1) is 20.6. The second-order valence-corrected chi connectivity index (χ2v) is 11.7. The summed E-state index contributed by atoms with van der Waals surface area (Å²) in [5.74, 6) is -0.177. The number of fused-ring (bicyclic) bond motifs is 6. The summed E-state index contributed by atoms with van der Waals surface area (Å²) in [6.45, 7) is 0.311. The Labute approximate surface area is 192 Å². The molecule has 4 aliphatic rings. The molecule has 2 fully saturated rings. The number of aliphatic imine (C=N–C) groups is 1. The molecule has 1 N–H and O–H groups in total. The molecular formula is C25H24FN3O3S. The van der Waals surface area contributed by atoms with Gasteiger partial charge in [-0.25, -0.2) is 13.6 Å². The highest BCUT2D eigenvalue weighted by Crippen LogP contribution is 2.55. The Morgan fingerprint density at radius 3 is 2.64 bits per heavy atom. The Hall–Kier alpha value is -3.00. The van der Waals surface area contributed by atoms with Crippen molar-refractivity contribution in [2.24, 2.45) is 27.1 Å². The van der Waals surface area contributed by atoms with Crippen LogP contribution >= 0.6 is 0 Å². The zero-order chi connectivity index (χ0) is 22.9. The van der Waals surface area contributed by atoms with Crippen LogP contribution in [0.25, 0.3) is 0 Å². The Morgan fingerprint density at radius 1 is 1.12 bits per heavy atom. The largest absolute Gasteiger partial charge is 0.511 e. The summed E-state index contributed by atoms with van der Waals surface area (Å²) in [5, 5.41) is 11.4. The smallest absolute Gasteiger partial charge is 0.261 e. The van der Waals surface area contributed by atoms with E-state index in [4.69, 9.17) is 0 Å². The first-order valence-electron chi connectivity index (χ1n) is 11.2. The number of amides is 1. The fourth-order valence-electron chi connectivity index (χ4n) is 6.14. The first-order valence-corrected chi connectivity index (χ1v) is 13.1. The van der Waals surface area contributed by atoms with Gasteiger partial charge in [0, 0.05) is 24.8 Å². The van der Waals surface area contributed by atoms with E-state index in [1.165, 1.54) is 18.4 Å². The van der Waals surface area contributed by atoms with E-state index in [-0.39, 0.29) is 40.9 Å². The Kier molecular flexibility index (Phi) is 4.52. The SMILES string of the molecule is CS1(=O)=NC(C2=C(O)[C@@H]3[C@H]4CC[C@H](C4)[C@@H]3N(Cc3ccc(F)cc3)C2=O)=Nc2ccccc21. The van der Waals surface area contributed by atoms with Gasteiger partial charge in [0.2, 0.25) is 0 Å². The third kappa shape index (κ3) is 3.14. The van der Waals surface area contributed by atoms with Crippen LogP contribution in [0.15, 0.2) is 74.1 Å². The van der Waals surface area contributed by atoms with Gasteiger partial charge in [-0.05, 0) is 60.9 Å². The molecule has 2 aliphatic heterocycles. The molecule has 2 bridgehead atoms. The van der Waals surface area contributed by atoms with Crippen molar-refractivity contribution >= 4 is 27.2 Å². The molecule has 170 valence electrons. The van der Waals surface area contributed by atoms with Crippen LogP contribution in [-0.4, -0.2) is 38.3 Å². The van der Waals surface area contributed by atoms with Crippen LogP contribution in [-0.2, 0) is 21.1 Å². The lowest BCUT2D eigenvalue weighted by Crippen LogP contribution is -2.53. The quantitative estimate of drug-likeness (QED) is 0.720. The number of halogens is 1. The van der Waals surface area contributed by atoms with E-state index in [0.717, 1.165) is 24.8 Å². The number of para-hydroxylation sites is 1. The number of hydrogen-bond donors (Lipinski definition) is 1. The van der Waals surface area contributed by atoms with Crippen molar-refractivity contribution in [2.75, 3.05) is 6.26 Å². The van der Waals surface area contributed by atoms with Crippen molar-refractivity contribution < 1.29 is 18.5 Å². The number of hydrogen-bond acceptors (Lipinski definition) is 5. The number of amidine groups is 1. The Balaban J connectivity index is 1.48. The normalized spacial score (nSPS) is 32.4. The van der Waals surface area contributed by atoms with Crippen LogP contribution in [0.1, 0.15) is 24.8 Å². The number of aliphatic hydroxyl groups excluding tert-OH is 1. The maximum atomic E-state index is 13.8.